The van der Waals surface area contributed by atoms with Gasteiger partial charge in [0, 0.05) is 5.69 Å². The van der Waals surface area contributed by atoms with Crippen LogP contribution in [0.5, 0.6) is 0 Å². The summed E-state index contributed by atoms with van der Waals surface area (Å²) < 4.78 is 5.33. The van der Waals surface area contributed by atoms with Crippen LogP contribution in [0.3, 0.4) is 0 Å². The van der Waals surface area contributed by atoms with Crippen LogP contribution in [0.2, 0.25) is 0 Å². The maximum atomic E-state index is 5.33. The van der Waals surface area contributed by atoms with Gasteiger partial charge in [-0.2, -0.15) is 4.98 Å². The molecule has 1 atom stereocenters. The molecule has 1 heterocycles. The number of aromatic nitrogens is 2. The molecule has 4 nitrogen and oxygen atoms in total. The van der Waals surface area contributed by atoms with Gasteiger partial charge in [0.1, 0.15) is 0 Å². The Bertz CT molecular complexity index is 751. The molecule has 1 N–H and O–H groups in total. The molecule has 4 heteroatoms. The van der Waals surface area contributed by atoms with E-state index in [-0.39, 0.29) is 5.92 Å². The average Bonchev–Trinajstić information content (AvgIpc) is 2.96. The second kappa shape index (κ2) is 5.05. The molecule has 0 aliphatic heterocycles. The zero-order chi connectivity index (χ0) is 14.1. The van der Waals surface area contributed by atoms with Gasteiger partial charge in [0.2, 0.25) is 5.89 Å². The number of hydrogen-bond donors (Lipinski definition) is 1. The van der Waals surface area contributed by atoms with E-state index >= 15 is 0 Å². The standard InChI is InChI=1S/C17H15N3O/c1-2-7-13(8-3-1)18-11-16-19-17(20-21-16)15-10-12-6-4-5-9-14(12)15/h1-9,15,18H,10-11H2. The fraction of sp³-hybridized carbons (Fsp3) is 0.176. The number of fused-ring (bicyclic) bond motifs is 1. The monoisotopic (exact) mass is 277 g/mol. The maximum absolute atomic E-state index is 5.33. The van der Waals surface area contributed by atoms with Crippen molar-refractivity contribution in [3.8, 4) is 0 Å². The summed E-state index contributed by atoms with van der Waals surface area (Å²) >= 11 is 0. The van der Waals surface area contributed by atoms with Crippen LogP contribution in [-0.2, 0) is 13.0 Å². The first-order valence-electron chi connectivity index (χ1n) is 7.09. The van der Waals surface area contributed by atoms with Crippen molar-refractivity contribution < 1.29 is 4.52 Å². The Morgan fingerprint density at radius 3 is 2.71 bits per heavy atom. The number of para-hydroxylation sites is 1. The fourth-order valence-corrected chi connectivity index (χ4v) is 2.70. The summed E-state index contributed by atoms with van der Waals surface area (Å²) in [4.78, 5) is 4.51. The lowest BCUT2D eigenvalue weighted by atomic mass is 9.77. The second-order valence-electron chi connectivity index (χ2n) is 5.22. The molecule has 0 bridgehead atoms. The van der Waals surface area contributed by atoms with Gasteiger partial charge < -0.3 is 9.84 Å². The van der Waals surface area contributed by atoms with Crippen LogP contribution in [-0.4, -0.2) is 10.1 Å². The number of hydrogen-bond acceptors (Lipinski definition) is 4. The fourth-order valence-electron chi connectivity index (χ4n) is 2.70. The smallest absolute Gasteiger partial charge is 0.245 e. The van der Waals surface area contributed by atoms with Crippen molar-refractivity contribution in [2.24, 2.45) is 0 Å². The SMILES string of the molecule is c1ccc(NCc2nc(C3Cc4ccccc43)no2)cc1. The minimum atomic E-state index is 0.287. The molecule has 0 spiro atoms. The summed E-state index contributed by atoms with van der Waals surface area (Å²) in [5, 5.41) is 7.40. The molecule has 0 saturated heterocycles. The molecule has 0 saturated carbocycles. The Morgan fingerprint density at radius 2 is 1.86 bits per heavy atom. The molecule has 1 aliphatic carbocycles. The molecule has 2 aromatic carbocycles. The number of nitrogens with zero attached hydrogens (tertiary/aromatic N) is 2. The topological polar surface area (TPSA) is 51.0 Å². The van der Waals surface area contributed by atoms with Crippen LogP contribution in [0.25, 0.3) is 0 Å². The Kier molecular flexibility index (Phi) is 2.92. The summed E-state index contributed by atoms with van der Waals surface area (Å²) in [6.45, 7) is 0.547. The molecule has 1 aliphatic rings. The van der Waals surface area contributed by atoms with E-state index in [2.05, 4.69) is 39.7 Å². The summed E-state index contributed by atoms with van der Waals surface area (Å²) in [5.74, 6) is 1.70. The van der Waals surface area contributed by atoms with Crippen molar-refractivity contribution in [2.75, 3.05) is 5.32 Å². The zero-order valence-corrected chi connectivity index (χ0v) is 11.5. The van der Waals surface area contributed by atoms with Gasteiger partial charge in [0.15, 0.2) is 5.82 Å². The van der Waals surface area contributed by atoms with E-state index in [0.717, 1.165) is 17.9 Å². The van der Waals surface area contributed by atoms with Crippen molar-refractivity contribution in [1.82, 2.24) is 10.1 Å². The van der Waals surface area contributed by atoms with E-state index in [0.29, 0.717) is 12.4 Å². The van der Waals surface area contributed by atoms with E-state index in [1.165, 1.54) is 11.1 Å². The van der Waals surface area contributed by atoms with Crippen molar-refractivity contribution >= 4 is 5.69 Å². The molecule has 1 aromatic heterocycles. The molecule has 1 unspecified atom stereocenters. The number of rotatable bonds is 4. The van der Waals surface area contributed by atoms with Crippen molar-refractivity contribution in [2.45, 2.75) is 18.9 Å². The van der Waals surface area contributed by atoms with Gasteiger partial charge in [-0.1, -0.05) is 47.6 Å². The van der Waals surface area contributed by atoms with Gasteiger partial charge in [-0.3, -0.25) is 0 Å². The minimum Gasteiger partial charge on any atom is -0.376 e. The van der Waals surface area contributed by atoms with Crippen LogP contribution in [0.4, 0.5) is 5.69 Å². The molecule has 104 valence electrons. The molecule has 3 aromatic rings. The van der Waals surface area contributed by atoms with Crippen molar-refractivity contribution in [3.63, 3.8) is 0 Å². The molecular formula is C17H15N3O. The largest absolute Gasteiger partial charge is 0.376 e. The first kappa shape index (κ1) is 12.1. The molecule has 21 heavy (non-hydrogen) atoms. The first-order valence-corrected chi connectivity index (χ1v) is 7.09. The second-order valence-corrected chi connectivity index (χ2v) is 5.22. The van der Waals surface area contributed by atoms with Crippen LogP contribution in [0.15, 0.2) is 59.1 Å². The van der Waals surface area contributed by atoms with Gasteiger partial charge in [0.05, 0.1) is 12.5 Å². The van der Waals surface area contributed by atoms with Crippen LogP contribution in [0, 0.1) is 0 Å². The summed E-state index contributed by atoms with van der Waals surface area (Å²) in [6, 6.07) is 18.4. The molecule has 0 amide bonds. The maximum Gasteiger partial charge on any atom is 0.245 e. The third kappa shape index (κ3) is 2.29. The highest BCUT2D eigenvalue weighted by molar-refractivity contribution is 5.44. The van der Waals surface area contributed by atoms with Gasteiger partial charge in [-0.15, -0.1) is 0 Å². The lowest BCUT2D eigenvalue weighted by molar-refractivity contribution is 0.374. The minimum absolute atomic E-state index is 0.287. The van der Waals surface area contributed by atoms with Crippen molar-refractivity contribution in [3.05, 3.63) is 77.4 Å². The summed E-state index contributed by atoms with van der Waals surface area (Å²) in [5.41, 5.74) is 3.75. The summed E-state index contributed by atoms with van der Waals surface area (Å²) in [6.07, 6.45) is 1.00. The zero-order valence-electron chi connectivity index (χ0n) is 11.5. The van der Waals surface area contributed by atoms with E-state index in [9.17, 15) is 0 Å². The molecule has 0 radical (unpaired) electrons. The number of anilines is 1. The molecular weight excluding hydrogens is 262 g/mol. The predicted octanol–water partition coefficient (Wildman–Crippen LogP) is 3.37. The Labute approximate surface area is 122 Å². The van der Waals surface area contributed by atoms with Crippen molar-refractivity contribution in [1.29, 1.82) is 0 Å². The van der Waals surface area contributed by atoms with Gasteiger partial charge >= 0.3 is 0 Å². The van der Waals surface area contributed by atoms with Crippen LogP contribution < -0.4 is 5.32 Å². The normalized spacial score (nSPS) is 16.1. The van der Waals surface area contributed by atoms with Crippen LogP contribution >= 0.6 is 0 Å². The summed E-state index contributed by atoms with van der Waals surface area (Å²) in [7, 11) is 0. The van der Waals surface area contributed by atoms with Gasteiger partial charge in [0.25, 0.3) is 0 Å². The average molecular weight is 277 g/mol. The lowest BCUT2D eigenvalue weighted by Gasteiger charge is -2.27. The van der Waals surface area contributed by atoms with E-state index in [1.807, 2.05) is 30.3 Å². The molecule has 4 rings (SSSR count). The predicted molar refractivity (Wildman–Crippen MR) is 80.1 cm³/mol. The first-order chi connectivity index (χ1) is 10.4. The third-order valence-electron chi connectivity index (χ3n) is 3.87. The van der Waals surface area contributed by atoms with Gasteiger partial charge in [-0.05, 0) is 29.7 Å². The highest BCUT2D eigenvalue weighted by Gasteiger charge is 2.30. The highest BCUT2D eigenvalue weighted by Crippen LogP contribution is 2.38. The van der Waals surface area contributed by atoms with E-state index < -0.39 is 0 Å². The lowest BCUT2D eigenvalue weighted by Crippen LogP contribution is -2.19. The highest BCUT2D eigenvalue weighted by atomic mass is 16.5. The number of benzene rings is 2. The Balaban J connectivity index is 1.45. The van der Waals surface area contributed by atoms with Gasteiger partial charge in [-0.25, -0.2) is 0 Å². The quantitative estimate of drug-likeness (QED) is 0.794. The Hall–Kier alpha value is -2.62. The third-order valence-corrected chi connectivity index (χ3v) is 3.87. The van der Waals surface area contributed by atoms with E-state index in [1.54, 1.807) is 0 Å². The van der Waals surface area contributed by atoms with Crippen LogP contribution in [0.1, 0.15) is 28.8 Å². The number of nitrogens with one attached hydrogen (secondary N) is 1. The Morgan fingerprint density at radius 1 is 1.05 bits per heavy atom. The van der Waals surface area contributed by atoms with E-state index in [4.69, 9.17) is 4.52 Å². The molecule has 0 fully saturated rings.